The van der Waals surface area contributed by atoms with Crippen LogP contribution in [-0.4, -0.2) is 61.1 Å². The molecule has 1 saturated carbocycles. The third kappa shape index (κ3) is 7.04. The van der Waals surface area contributed by atoms with E-state index in [1.165, 1.54) is 7.11 Å². The molecule has 2 aliphatic rings. The van der Waals surface area contributed by atoms with E-state index in [1.54, 1.807) is 0 Å². The minimum Gasteiger partial charge on any atom is -0.488 e. The van der Waals surface area contributed by atoms with Crippen molar-refractivity contribution in [1.29, 1.82) is 0 Å². The number of rotatable bonds is 12. The molecule has 7 nitrogen and oxygen atoms in total. The molecule has 0 radical (unpaired) electrons. The first-order chi connectivity index (χ1) is 15.5. The van der Waals surface area contributed by atoms with Crippen LogP contribution < -0.4 is 4.74 Å². The lowest BCUT2D eigenvalue weighted by Crippen LogP contribution is -2.38. The van der Waals surface area contributed by atoms with Crippen molar-refractivity contribution in [3.63, 3.8) is 0 Å². The summed E-state index contributed by atoms with van der Waals surface area (Å²) >= 11 is 0. The molecule has 0 unspecified atom stereocenters. The Balaban J connectivity index is 1.50. The molecule has 2 N–H and O–H groups in total. The maximum absolute atomic E-state index is 11.2. The van der Waals surface area contributed by atoms with Crippen LogP contribution in [0.4, 0.5) is 0 Å². The second-order valence-electron chi connectivity index (χ2n) is 8.62. The quantitative estimate of drug-likeness (QED) is 0.288. The molecule has 2 fully saturated rings. The van der Waals surface area contributed by atoms with E-state index in [2.05, 4.69) is 4.74 Å². The van der Waals surface area contributed by atoms with Gasteiger partial charge < -0.3 is 29.2 Å². The van der Waals surface area contributed by atoms with E-state index < -0.39 is 18.0 Å². The van der Waals surface area contributed by atoms with Gasteiger partial charge in [0, 0.05) is 12.8 Å². The van der Waals surface area contributed by atoms with Crippen LogP contribution in [-0.2, 0) is 19.0 Å². The number of carbonyl (C=O) groups excluding carboxylic acids is 1. The van der Waals surface area contributed by atoms with Gasteiger partial charge in [-0.1, -0.05) is 30.4 Å². The number of esters is 1. The SMILES string of the molecule is COC(=O)CCC/C=C\C[C@@H]1[C@@H](CCC2(COc3ccccc3)OCCO2)[C@H](O)C[C@@H]1O. The Kier molecular flexibility index (Phi) is 9.53. The number of para-hydroxylation sites is 1. The molecule has 0 aromatic heterocycles. The van der Waals surface area contributed by atoms with Crippen LogP contribution in [0, 0.1) is 11.8 Å². The minimum atomic E-state index is -0.822. The van der Waals surface area contributed by atoms with Crippen molar-refractivity contribution in [2.24, 2.45) is 11.8 Å². The maximum Gasteiger partial charge on any atom is 0.305 e. The summed E-state index contributed by atoms with van der Waals surface area (Å²) in [5.41, 5.74) is 0. The van der Waals surface area contributed by atoms with Crippen molar-refractivity contribution in [1.82, 2.24) is 0 Å². The van der Waals surface area contributed by atoms with Crippen molar-refractivity contribution in [3.05, 3.63) is 42.5 Å². The summed E-state index contributed by atoms with van der Waals surface area (Å²) in [7, 11) is 1.39. The van der Waals surface area contributed by atoms with Gasteiger partial charge in [-0.05, 0) is 56.1 Å². The number of aliphatic hydroxyl groups is 2. The number of benzene rings is 1. The fraction of sp³-hybridized carbons (Fsp3) is 0.640. The second-order valence-corrected chi connectivity index (χ2v) is 8.62. The van der Waals surface area contributed by atoms with Gasteiger partial charge in [0.25, 0.3) is 0 Å². The predicted octanol–water partition coefficient (Wildman–Crippen LogP) is 3.24. The number of hydrogen-bond donors (Lipinski definition) is 2. The smallest absolute Gasteiger partial charge is 0.305 e. The molecule has 1 aliphatic heterocycles. The van der Waals surface area contributed by atoms with Crippen molar-refractivity contribution in [2.75, 3.05) is 26.9 Å². The molecule has 0 bridgehead atoms. The van der Waals surface area contributed by atoms with Gasteiger partial charge in [0.15, 0.2) is 0 Å². The van der Waals surface area contributed by atoms with Gasteiger partial charge in [0.1, 0.15) is 12.4 Å². The highest BCUT2D eigenvalue weighted by atomic mass is 16.8. The molecule has 1 heterocycles. The summed E-state index contributed by atoms with van der Waals surface area (Å²) in [6.45, 7) is 1.32. The molecule has 1 aromatic rings. The van der Waals surface area contributed by atoms with E-state index >= 15 is 0 Å². The number of ether oxygens (including phenoxy) is 4. The zero-order valence-corrected chi connectivity index (χ0v) is 18.9. The summed E-state index contributed by atoms with van der Waals surface area (Å²) in [5.74, 6) is -0.314. The lowest BCUT2D eigenvalue weighted by molar-refractivity contribution is -0.185. The van der Waals surface area contributed by atoms with E-state index in [-0.39, 0.29) is 24.4 Å². The van der Waals surface area contributed by atoms with Crippen LogP contribution in [0.2, 0.25) is 0 Å². The Bertz CT molecular complexity index is 714. The maximum atomic E-state index is 11.2. The summed E-state index contributed by atoms with van der Waals surface area (Å²) in [4.78, 5) is 11.2. The largest absolute Gasteiger partial charge is 0.488 e. The molecule has 1 aliphatic carbocycles. The van der Waals surface area contributed by atoms with E-state index in [1.807, 2.05) is 42.5 Å². The number of methoxy groups -OCH3 is 1. The number of aliphatic hydroxyl groups excluding tert-OH is 2. The van der Waals surface area contributed by atoms with Gasteiger partial charge in [-0.2, -0.15) is 0 Å². The lowest BCUT2D eigenvalue weighted by atomic mass is 9.85. The van der Waals surface area contributed by atoms with Gasteiger partial charge in [-0.3, -0.25) is 4.79 Å². The van der Waals surface area contributed by atoms with Gasteiger partial charge in [-0.15, -0.1) is 0 Å². The summed E-state index contributed by atoms with van der Waals surface area (Å²) in [6.07, 6.45) is 7.29. The fourth-order valence-electron chi connectivity index (χ4n) is 4.64. The Hall–Kier alpha value is -1.93. The molecule has 0 spiro atoms. The first-order valence-electron chi connectivity index (χ1n) is 11.6. The van der Waals surface area contributed by atoms with Crippen LogP contribution in [0.15, 0.2) is 42.5 Å². The Morgan fingerprint density at radius 2 is 1.84 bits per heavy atom. The van der Waals surface area contributed by atoms with Crippen molar-refractivity contribution in [2.45, 2.75) is 62.9 Å². The Morgan fingerprint density at radius 1 is 1.12 bits per heavy atom. The predicted molar refractivity (Wildman–Crippen MR) is 119 cm³/mol. The molecule has 0 amide bonds. The standard InChI is InChI=1S/C25H36O7/c1-29-24(28)12-8-3-2-7-11-20-21(23(27)17-22(20)26)13-14-25(31-15-16-32-25)18-30-19-9-5-4-6-10-19/h2,4-7,9-10,20-23,26-27H,3,8,11-18H2,1H3/b7-2-/t20-,21-,22+,23-/m1/s1. The van der Waals surface area contributed by atoms with Crippen molar-refractivity contribution < 1.29 is 34.0 Å². The van der Waals surface area contributed by atoms with E-state index in [4.69, 9.17) is 14.2 Å². The third-order valence-electron chi connectivity index (χ3n) is 6.45. The monoisotopic (exact) mass is 448 g/mol. The zero-order valence-electron chi connectivity index (χ0n) is 18.9. The molecule has 4 atom stereocenters. The normalized spacial score (nSPS) is 27.1. The molecular weight excluding hydrogens is 412 g/mol. The molecule has 32 heavy (non-hydrogen) atoms. The third-order valence-corrected chi connectivity index (χ3v) is 6.45. The second kappa shape index (κ2) is 12.3. The van der Waals surface area contributed by atoms with E-state index in [0.29, 0.717) is 45.3 Å². The molecule has 1 aromatic carbocycles. The first kappa shape index (κ1) is 24.7. The molecule has 178 valence electrons. The summed E-state index contributed by atoms with van der Waals surface area (Å²) in [6, 6.07) is 9.57. The van der Waals surface area contributed by atoms with E-state index in [9.17, 15) is 15.0 Å². The summed E-state index contributed by atoms with van der Waals surface area (Å²) < 4.78 is 22.4. The first-order valence-corrected chi connectivity index (χ1v) is 11.6. The van der Waals surface area contributed by atoms with Gasteiger partial charge in [-0.25, -0.2) is 0 Å². The summed E-state index contributed by atoms with van der Waals surface area (Å²) in [5, 5.41) is 21.1. The Morgan fingerprint density at radius 3 is 2.56 bits per heavy atom. The van der Waals surface area contributed by atoms with Crippen LogP contribution in [0.5, 0.6) is 5.75 Å². The minimum absolute atomic E-state index is 0.0182. The van der Waals surface area contributed by atoms with Gasteiger partial charge in [0.05, 0.1) is 32.5 Å². The highest BCUT2D eigenvalue weighted by molar-refractivity contribution is 5.69. The average molecular weight is 449 g/mol. The molecule has 3 rings (SSSR count). The number of allylic oxidation sites excluding steroid dienone is 2. The van der Waals surface area contributed by atoms with Gasteiger partial charge in [0.2, 0.25) is 5.79 Å². The van der Waals surface area contributed by atoms with Crippen LogP contribution in [0.3, 0.4) is 0 Å². The van der Waals surface area contributed by atoms with Crippen molar-refractivity contribution in [3.8, 4) is 5.75 Å². The number of carbonyl (C=O) groups is 1. The Labute approximate surface area is 190 Å². The number of unbranched alkanes of at least 4 members (excludes halogenated alkanes) is 1. The molecular formula is C25H36O7. The lowest BCUT2D eigenvalue weighted by Gasteiger charge is -2.30. The van der Waals surface area contributed by atoms with Crippen LogP contribution in [0.25, 0.3) is 0 Å². The van der Waals surface area contributed by atoms with Crippen molar-refractivity contribution >= 4 is 5.97 Å². The van der Waals surface area contributed by atoms with Crippen LogP contribution >= 0.6 is 0 Å². The number of hydrogen-bond acceptors (Lipinski definition) is 7. The zero-order chi connectivity index (χ0) is 22.8. The molecule has 7 heteroatoms. The topological polar surface area (TPSA) is 94.5 Å². The van der Waals surface area contributed by atoms with Gasteiger partial charge >= 0.3 is 5.97 Å². The van der Waals surface area contributed by atoms with E-state index in [0.717, 1.165) is 18.6 Å². The average Bonchev–Trinajstić information content (AvgIpc) is 3.38. The molecule has 1 saturated heterocycles. The highest BCUT2D eigenvalue weighted by Gasteiger charge is 2.44. The fourth-order valence-corrected chi connectivity index (χ4v) is 4.64. The van der Waals surface area contributed by atoms with Crippen LogP contribution in [0.1, 0.15) is 44.9 Å². The highest BCUT2D eigenvalue weighted by Crippen LogP contribution is 2.40.